The van der Waals surface area contributed by atoms with Gasteiger partial charge in [-0.15, -0.1) is 0 Å². The lowest BCUT2D eigenvalue weighted by Crippen LogP contribution is -2.33. The minimum atomic E-state index is -5.15. The summed E-state index contributed by atoms with van der Waals surface area (Å²) in [5.74, 6) is 0. The van der Waals surface area contributed by atoms with Crippen LogP contribution in [0, 0.1) is 0 Å². The summed E-state index contributed by atoms with van der Waals surface area (Å²) in [6, 6.07) is 0. The third-order valence-electron chi connectivity index (χ3n) is 0.722. The average Bonchev–Trinajstić information content (AvgIpc) is 1.85. The van der Waals surface area contributed by atoms with Crippen LogP contribution in [0.1, 0.15) is 0 Å². The fourth-order valence-electron chi connectivity index (χ4n) is 0.331. The zero-order chi connectivity index (χ0) is 9.78. The van der Waals surface area contributed by atoms with E-state index in [1.807, 2.05) is 0 Å². The van der Waals surface area contributed by atoms with Crippen LogP contribution in [0.15, 0.2) is 0 Å². The highest BCUT2D eigenvalue weighted by Gasteiger charge is 2.43. The fraction of sp³-hybridized carbons (Fsp3) is 1.00. The summed E-state index contributed by atoms with van der Waals surface area (Å²) in [5, 5.41) is 0. The summed E-state index contributed by atoms with van der Waals surface area (Å²) in [6.07, 6.45) is -11.5. The van der Waals surface area contributed by atoms with Gasteiger partial charge in [0.1, 0.15) is 6.61 Å². The van der Waals surface area contributed by atoms with Crippen molar-refractivity contribution < 1.29 is 36.2 Å². The quantitative estimate of drug-likeness (QED) is 0.508. The topological polar surface area (TPSA) is 18.5 Å². The first-order valence-electron chi connectivity index (χ1n) is 2.61. The van der Waals surface area contributed by atoms with E-state index in [1.165, 1.54) is 0 Å². The molecule has 12 heavy (non-hydrogen) atoms. The average molecular weight is 198 g/mol. The Labute approximate surface area is 63.0 Å². The van der Waals surface area contributed by atoms with Crippen molar-refractivity contribution in [3.05, 3.63) is 0 Å². The molecular weight excluding hydrogens is 194 g/mol. The summed E-state index contributed by atoms with van der Waals surface area (Å²) < 4.78 is 71.2. The molecule has 0 aromatic rings. The van der Waals surface area contributed by atoms with Gasteiger partial charge in [0.25, 0.3) is 12.7 Å². The largest absolute Gasteiger partial charge is 0.443 e. The van der Waals surface area contributed by atoms with Crippen molar-refractivity contribution in [2.75, 3.05) is 6.61 Å². The molecule has 0 radical (unpaired) electrons. The van der Waals surface area contributed by atoms with E-state index in [0.717, 1.165) is 0 Å². The van der Waals surface area contributed by atoms with E-state index in [4.69, 9.17) is 0 Å². The second kappa shape index (κ2) is 4.51. The van der Waals surface area contributed by atoms with Crippen molar-refractivity contribution in [2.24, 2.45) is 0 Å². The summed E-state index contributed by atoms with van der Waals surface area (Å²) in [7, 11) is 0. The van der Waals surface area contributed by atoms with Gasteiger partial charge >= 0.3 is 6.18 Å². The second-order valence-corrected chi connectivity index (χ2v) is 1.69. The van der Waals surface area contributed by atoms with Gasteiger partial charge in [-0.05, 0) is 4.53 Å². The molecule has 0 rings (SSSR count). The van der Waals surface area contributed by atoms with Crippen LogP contribution >= 0.6 is 0 Å². The van der Waals surface area contributed by atoms with Gasteiger partial charge in [-0.25, -0.2) is 8.78 Å². The molecule has 0 heterocycles. The van der Waals surface area contributed by atoms with Gasteiger partial charge in [-0.3, -0.25) is 0 Å². The number of hydrogen-bond donors (Lipinski definition) is 0. The number of ether oxygens (including phenoxy) is 1. The Hall–Kier alpha value is -0.500. The summed E-state index contributed by atoms with van der Waals surface area (Å²) in [5.41, 5.74) is 0. The third kappa shape index (κ3) is 4.39. The maximum atomic E-state index is 11.4. The van der Waals surface area contributed by atoms with Crippen molar-refractivity contribution in [3.63, 3.8) is 0 Å². The van der Waals surface area contributed by atoms with Crippen LogP contribution in [-0.2, 0) is 9.68 Å². The summed E-state index contributed by atoms with van der Waals surface area (Å²) in [4.78, 5) is 2.28. The zero-order valence-corrected chi connectivity index (χ0v) is 5.45. The van der Waals surface area contributed by atoms with Crippen LogP contribution in [0.4, 0.5) is 26.5 Å². The lowest BCUT2D eigenvalue weighted by molar-refractivity contribution is -0.378. The van der Waals surface area contributed by atoms with Crippen molar-refractivity contribution in [1.29, 1.82) is 0 Å². The molecule has 0 aliphatic rings. The number of halogens is 6. The Balaban J connectivity index is 3.84. The minimum Gasteiger partial charge on any atom is -0.337 e. The van der Waals surface area contributed by atoms with Gasteiger partial charge in [0.05, 0.1) is 0 Å². The van der Waals surface area contributed by atoms with E-state index in [2.05, 4.69) is 9.68 Å². The maximum absolute atomic E-state index is 11.4. The summed E-state index contributed by atoms with van der Waals surface area (Å²) >= 11 is 0. The number of hydrogen-bond acceptors (Lipinski definition) is 2. The predicted molar refractivity (Wildman–Crippen MR) is 24.0 cm³/mol. The van der Waals surface area contributed by atoms with E-state index >= 15 is 0 Å². The standard InChI is InChI=1S/C4H4F6O2/c5-2(6)1-11-3(12-10)4(7,8)9/h2-3H,1H2. The SMILES string of the molecule is FOC(OCC(F)F)C(F)(F)F. The number of rotatable bonds is 4. The Kier molecular flexibility index (Phi) is 4.32. The molecule has 1 atom stereocenters. The lowest BCUT2D eigenvalue weighted by atomic mass is 10.6. The van der Waals surface area contributed by atoms with E-state index in [-0.39, 0.29) is 0 Å². The number of alkyl halides is 5. The van der Waals surface area contributed by atoms with E-state index in [1.54, 1.807) is 0 Å². The zero-order valence-electron chi connectivity index (χ0n) is 5.45. The van der Waals surface area contributed by atoms with Crippen LogP contribution < -0.4 is 0 Å². The van der Waals surface area contributed by atoms with Gasteiger partial charge < -0.3 is 4.74 Å². The second-order valence-electron chi connectivity index (χ2n) is 1.69. The Morgan fingerprint density at radius 1 is 1.17 bits per heavy atom. The molecule has 0 saturated carbocycles. The van der Waals surface area contributed by atoms with Crippen molar-refractivity contribution >= 4 is 0 Å². The molecule has 1 unspecified atom stereocenters. The molecule has 0 N–H and O–H groups in total. The smallest absolute Gasteiger partial charge is 0.337 e. The molecule has 0 saturated heterocycles. The van der Waals surface area contributed by atoms with E-state index < -0.39 is 25.5 Å². The first-order valence-corrected chi connectivity index (χ1v) is 2.61. The Morgan fingerprint density at radius 2 is 1.67 bits per heavy atom. The molecule has 0 fully saturated rings. The molecule has 0 bridgehead atoms. The highest BCUT2D eigenvalue weighted by atomic mass is 19.4. The molecule has 0 aliphatic heterocycles. The first kappa shape index (κ1) is 11.5. The van der Waals surface area contributed by atoms with E-state index in [0.29, 0.717) is 0 Å². The Morgan fingerprint density at radius 3 is 1.92 bits per heavy atom. The molecule has 0 aromatic heterocycles. The maximum Gasteiger partial charge on any atom is 0.443 e. The molecule has 0 amide bonds. The van der Waals surface area contributed by atoms with Crippen molar-refractivity contribution in [1.82, 2.24) is 0 Å². The van der Waals surface area contributed by atoms with Crippen LogP contribution in [0.25, 0.3) is 0 Å². The predicted octanol–water partition coefficient (Wildman–Crippen LogP) is 2.06. The first-order chi connectivity index (χ1) is 5.38. The van der Waals surface area contributed by atoms with Crippen molar-refractivity contribution in [2.45, 2.75) is 18.9 Å². The molecule has 0 spiro atoms. The highest BCUT2D eigenvalue weighted by molar-refractivity contribution is 4.54. The molecule has 74 valence electrons. The minimum absolute atomic E-state index is 1.53. The van der Waals surface area contributed by atoms with Crippen LogP contribution in [0.2, 0.25) is 0 Å². The van der Waals surface area contributed by atoms with Gasteiger partial charge in [0.2, 0.25) is 0 Å². The third-order valence-corrected chi connectivity index (χ3v) is 0.722. The van der Waals surface area contributed by atoms with Crippen LogP contribution in [0.3, 0.4) is 0 Å². The van der Waals surface area contributed by atoms with Crippen LogP contribution in [-0.4, -0.2) is 25.5 Å². The molecule has 8 heteroatoms. The molecule has 0 aliphatic carbocycles. The summed E-state index contributed by atoms with van der Waals surface area (Å²) in [6.45, 7) is -1.53. The normalized spacial score (nSPS) is 15.2. The van der Waals surface area contributed by atoms with Gasteiger partial charge in [-0.1, -0.05) is 0 Å². The lowest BCUT2D eigenvalue weighted by Gasteiger charge is -2.15. The Bertz CT molecular complexity index is 123. The van der Waals surface area contributed by atoms with E-state index in [9.17, 15) is 26.5 Å². The monoisotopic (exact) mass is 198 g/mol. The van der Waals surface area contributed by atoms with Crippen LogP contribution in [0.5, 0.6) is 0 Å². The van der Waals surface area contributed by atoms with Crippen molar-refractivity contribution in [3.8, 4) is 0 Å². The molecule has 2 nitrogen and oxygen atoms in total. The van der Waals surface area contributed by atoms with Gasteiger partial charge in [-0.2, -0.15) is 18.1 Å². The van der Waals surface area contributed by atoms with Gasteiger partial charge in [0, 0.05) is 0 Å². The molecule has 0 aromatic carbocycles. The van der Waals surface area contributed by atoms with Gasteiger partial charge in [0.15, 0.2) is 0 Å². The fourth-order valence-corrected chi connectivity index (χ4v) is 0.331. The molecular formula is C4H4F6O2. The highest BCUT2D eigenvalue weighted by Crippen LogP contribution is 2.24.